The number of aromatic nitrogens is 1. The maximum Gasteiger partial charge on any atom is 0.340 e. The molecule has 1 rings (SSSR count). The van der Waals surface area contributed by atoms with Crippen molar-refractivity contribution in [3.05, 3.63) is 17.8 Å². The first-order valence-corrected chi connectivity index (χ1v) is 6.20. The Kier molecular flexibility index (Phi) is 5.31. The normalized spacial score (nSPS) is 10.0. The van der Waals surface area contributed by atoms with Crippen LogP contribution in [0.25, 0.3) is 0 Å². The van der Waals surface area contributed by atoms with Crippen molar-refractivity contribution < 1.29 is 14.3 Å². The molecule has 110 valence electrons. The third-order valence-corrected chi connectivity index (χ3v) is 2.88. The summed E-state index contributed by atoms with van der Waals surface area (Å²) in [6.45, 7) is 2.57. The van der Waals surface area contributed by atoms with Crippen LogP contribution >= 0.6 is 0 Å². The Morgan fingerprint density at radius 2 is 2.05 bits per heavy atom. The van der Waals surface area contributed by atoms with Crippen LogP contribution in [0.3, 0.4) is 0 Å². The molecule has 0 atom stereocenters. The highest BCUT2D eigenvalue weighted by Crippen LogP contribution is 2.24. The Morgan fingerprint density at radius 3 is 2.55 bits per heavy atom. The minimum absolute atomic E-state index is 0.0727. The van der Waals surface area contributed by atoms with Crippen molar-refractivity contribution in [1.29, 1.82) is 0 Å². The largest absolute Gasteiger partial charge is 0.465 e. The summed E-state index contributed by atoms with van der Waals surface area (Å²) in [6, 6.07) is 1.49. The number of amides is 1. The van der Waals surface area contributed by atoms with Crippen LogP contribution in [0.4, 0.5) is 11.5 Å². The Labute approximate surface area is 118 Å². The van der Waals surface area contributed by atoms with Gasteiger partial charge in [0.15, 0.2) is 5.82 Å². The van der Waals surface area contributed by atoms with Gasteiger partial charge in [0.2, 0.25) is 5.91 Å². The van der Waals surface area contributed by atoms with Crippen LogP contribution in [-0.2, 0) is 9.53 Å². The van der Waals surface area contributed by atoms with Crippen LogP contribution in [-0.4, -0.2) is 56.1 Å². The molecule has 0 aliphatic rings. The lowest BCUT2D eigenvalue weighted by molar-refractivity contribution is -0.127. The molecule has 1 heterocycles. The van der Waals surface area contributed by atoms with Crippen LogP contribution in [0, 0.1) is 0 Å². The number of carbonyl (C=O) groups is 2. The van der Waals surface area contributed by atoms with Crippen molar-refractivity contribution in [1.82, 2.24) is 9.88 Å². The number of pyridine rings is 1. The number of hydrogen-bond donors (Lipinski definition) is 1. The molecule has 0 radical (unpaired) electrons. The first-order valence-electron chi connectivity index (χ1n) is 6.20. The number of rotatable bonds is 5. The van der Waals surface area contributed by atoms with E-state index in [-0.39, 0.29) is 23.7 Å². The third kappa shape index (κ3) is 3.37. The number of ether oxygens (including phenoxy) is 1. The van der Waals surface area contributed by atoms with Crippen LogP contribution < -0.4 is 10.6 Å². The molecule has 7 heteroatoms. The fourth-order valence-corrected chi connectivity index (χ4v) is 1.64. The summed E-state index contributed by atoms with van der Waals surface area (Å²) in [5.74, 6) is -0.191. The first kappa shape index (κ1) is 15.7. The molecule has 2 N–H and O–H groups in total. The van der Waals surface area contributed by atoms with E-state index in [1.165, 1.54) is 24.3 Å². The summed E-state index contributed by atoms with van der Waals surface area (Å²) in [7, 11) is 4.64. The second kappa shape index (κ2) is 6.74. The zero-order chi connectivity index (χ0) is 15.3. The molecule has 0 aliphatic heterocycles. The smallest absolute Gasteiger partial charge is 0.340 e. The lowest BCUT2D eigenvalue weighted by Crippen LogP contribution is -2.37. The lowest BCUT2D eigenvalue weighted by atomic mass is 10.2. The second-order valence-electron chi connectivity index (χ2n) is 4.39. The van der Waals surface area contributed by atoms with Crippen molar-refractivity contribution in [3.63, 3.8) is 0 Å². The number of anilines is 2. The summed E-state index contributed by atoms with van der Waals surface area (Å²) in [4.78, 5) is 30.8. The first-order chi connectivity index (χ1) is 9.42. The van der Waals surface area contributed by atoms with Gasteiger partial charge in [-0.25, -0.2) is 9.78 Å². The van der Waals surface area contributed by atoms with Gasteiger partial charge in [-0.1, -0.05) is 0 Å². The van der Waals surface area contributed by atoms with E-state index >= 15 is 0 Å². The van der Waals surface area contributed by atoms with Crippen LogP contribution in [0.15, 0.2) is 12.3 Å². The molecule has 0 saturated carbocycles. The number of hydrogen-bond acceptors (Lipinski definition) is 6. The third-order valence-electron chi connectivity index (χ3n) is 2.88. The molecule has 7 nitrogen and oxygen atoms in total. The zero-order valence-corrected chi connectivity index (χ0v) is 12.2. The van der Waals surface area contributed by atoms with Gasteiger partial charge in [-0.2, -0.15) is 0 Å². The van der Waals surface area contributed by atoms with Gasteiger partial charge in [0.05, 0.1) is 24.9 Å². The van der Waals surface area contributed by atoms with Crippen LogP contribution in [0.1, 0.15) is 17.3 Å². The van der Waals surface area contributed by atoms with Gasteiger partial charge in [0.25, 0.3) is 0 Å². The van der Waals surface area contributed by atoms with E-state index < -0.39 is 5.97 Å². The fraction of sp³-hybridized carbons (Fsp3) is 0.462. The van der Waals surface area contributed by atoms with Crippen molar-refractivity contribution in [3.8, 4) is 0 Å². The molecule has 1 aromatic rings. The van der Waals surface area contributed by atoms with Crippen LogP contribution in [0.2, 0.25) is 0 Å². The highest BCUT2D eigenvalue weighted by molar-refractivity contribution is 5.98. The molecule has 0 aromatic carbocycles. The SMILES string of the molecule is CCN(CC(=O)N(C)C)c1nccc(C(=O)OC)c1N. The van der Waals surface area contributed by atoms with E-state index in [0.717, 1.165) is 0 Å². The number of esters is 1. The monoisotopic (exact) mass is 280 g/mol. The minimum atomic E-state index is -0.527. The van der Waals surface area contributed by atoms with Crippen molar-refractivity contribution in [2.45, 2.75) is 6.92 Å². The van der Waals surface area contributed by atoms with Crippen molar-refractivity contribution in [2.75, 3.05) is 44.9 Å². The summed E-state index contributed by atoms with van der Waals surface area (Å²) >= 11 is 0. The Balaban J connectivity index is 3.10. The summed E-state index contributed by atoms with van der Waals surface area (Å²) in [5.41, 5.74) is 6.42. The molecule has 0 bridgehead atoms. The predicted molar refractivity (Wildman–Crippen MR) is 76.6 cm³/mol. The molecule has 20 heavy (non-hydrogen) atoms. The minimum Gasteiger partial charge on any atom is -0.465 e. The number of methoxy groups -OCH3 is 1. The number of nitrogen functional groups attached to an aromatic ring is 1. The maximum atomic E-state index is 11.8. The Bertz CT molecular complexity index is 502. The van der Waals surface area contributed by atoms with E-state index in [1.807, 2.05) is 6.92 Å². The van der Waals surface area contributed by atoms with Gasteiger partial charge >= 0.3 is 5.97 Å². The molecular formula is C13H20N4O3. The van der Waals surface area contributed by atoms with Gasteiger partial charge < -0.3 is 20.3 Å². The van der Waals surface area contributed by atoms with E-state index in [1.54, 1.807) is 19.0 Å². The quantitative estimate of drug-likeness (QED) is 0.784. The van der Waals surface area contributed by atoms with Gasteiger partial charge in [0, 0.05) is 26.8 Å². The average molecular weight is 280 g/mol. The van der Waals surface area contributed by atoms with Crippen molar-refractivity contribution in [2.24, 2.45) is 0 Å². The molecule has 0 unspecified atom stereocenters. The zero-order valence-electron chi connectivity index (χ0n) is 12.2. The highest BCUT2D eigenvalue weighted by atomic mass is 16.5. The van der Waals surface area contributed by atoms with Gasteiger partial charge in [-0.15, -0.1) is 0 Å². The molecule has 0 aliphatic carbocycles. The van der Waals surface area contributed by atoms with Gasteiger partial charge in [0.1, 0.15) is 0 Å². The Morgan fingerprint density at radius 1 is 1.40 bits per heavy atom. The topological polar surface area (TPSA) is 88.8 Å². The predicted octanol–water partition coefficient (Wildman–Crippen LogP) is 0.365. The average Bonchev–Trinajstić information content (AvgIpc) is 2.44. The standard InChI is InChI=1S/C13H20N4O3/c1-5-17(8-10(18)16(2)3)12-11(14)9(6-7-15-12)13(19)20-4/h6-7H,5,8,14H2,1-4H3. The molecule has 0 spiro atoms. The summed E-state index contributed by atoms with van der Waals surface area (Å²) < 4.78 is 4.66. The van der Waals surface area contributed by atoms with E-state index in [0.29, 0.717) is 12.4 Å². The number of nitrogens with zero attached hydrogens (tertiary/aromatic N) is 3. The second-order valence-corrected chi connectivity index (χ2v) is 4.39. The molecule has 1 amide bonds. The highest BCUT2D eigenvalue weighted by Gasteiger charge is 2.19. The molecule has 1 aromatic heterocycles. The van der Waals surface area contributed by atoms with Crippen molar-refractivity contribution >= 4 is 23.4 Å². The number of nitrogens with two attached hydrogens (primary N) is 1. The van der Waals surface area contributed by atoms with Crippen LogP contribution in [0.5, 0.6) is 0 Å². The summed E-state index contributed by atoms with van der Waals surface area (Å²) in [6.07, 6.45) is 1.47. The molecular weight excluding hydrogens is 260 g/mol. The fourth-order valence-electron chi connectivity index (χ4n) is 1.64. The number of carbonyl (C=O) groups excluding carboxylic acids is 2. The van der Waals surface area contributed by atoms with E-state index in [2.05, 4.69) is 9.72 Å². The number of likely N-dealkylation sites (N-methyl/N-ethyl adjacent to an activating group) is 2. The Hall–Kier alpha value is -2.31. The molecule has 0 saturated heterocycles. The lowest BCUT2D eigenvalue weighted by Gasteiger charge is -2.24. The summed E-state index contributed by atoms with van der Waals surface area (Å²) in [5, 5.41) is 0. The van der Waals surface area contributed by atoms with Gasteiger partial charge in [-0.05, 0) is 13.0 Å². The maximum absolute atomic E-state index is 11.8. The van der Waals surface area contributed by atoms with Gasteiger partial charge in [-0.3, -0.25) is 4.79 Å². The van der Waals surface area contributed by atoms with E-state index in [4.69, 9.17) is 5.73 Å². The molecule has 0 fully saturated rings. The van der Waals surface area contributed by atoms with E-state index in [9.17, 15) is 9.59 Å².